The van der Waals surface area contributed by atoms with Crippen molar-refractivity contribution in [1.29, 1.82) is 0 Å². The average Bonchev–Trinajstić information content (AvgIpc) is 2.74. The van der Waals surface area contributed by atoms with Gasteiger partial charge in [0.1, 0.15) is 17.8 Å². The summed E-state index contributed by atoms with van der Waals surface area (Å²) in [5.41, 5.74) is 5.59. The molecule has 1 heterocycles. The molecule has 0 radical (unpaired) electrons. The third kappa shape index (κ3) is 4.34. The Bertz CT molecular complexity index is 1140. The molecular weight excluding hydrogens is 370 g/mol. The lowest BCUT2D eigenvalue weighted by Crippen LogP contribution is -2.29. The predicted octanol–water partition coefficient (Wildman–Crippen LogP) is 6.13. The van der Waals surface area contributed by atoms with Crippen LogP contribution in [-0.4, -0.2) is 16.0 Å². The molecule has 4 aromatic rings. The molecule has 1 aromatic heterocycles. The Balaban J connectivity index is 1.72. The van der Waals surface area contributed by atoms with Gasteiger partial charge in [-0.05, 0) is 80.8 Å². The van der Waals surface area contributed by atoms with Gasteiger partial charge in [0, 0.05) is 11.4 Å². The molecule has 0 unspecified atom stereocenters. The third-order valence-corrected chi connectivity index (χ3v) is 5.25. The lowest BCUT2D eigenvalue weighted by molar-refractivity contribution is 0.481. The van der Waals surface area contributed by atoms with E-state index < -0.39 is 0 Å². The average molecular weight is 398 g/mol. The molecule has 0 amide bonds. The van der Waals surface area contributed by atoms with Crippen molar-refractivity contribution < 1.29 is 4.74 Å². The number of hydrogen-bond donors (Lipinski definition) is 1. The van der Waals surface area contributed by atoms with E-state index in [-0.39, 0.29) is 6.04 Å². The highest BCUT2D eigenvalue weighted by Crippen LogP contribution is 2.30. The summed E-state index contributed by atoms with van der Waals surface area (Å²) >= 11 is 0. The van der Waals surface area contributed by atoms with Crippen LogP contribution in [-0.2, 0) is 0 Å². The number of aryl methyl sites for hydroxylation is 2. The minimum absolute atomic E-state index is 0.0385. The zero-order valence-corrected chi connectivity index (χ0v) is 17.9. The summed E-state index contributed by atoms with van der Waals surface area (Å²) in [6.45, 7) is 8.55. The van der Waals surface area contributed by atoms with Crippen LogP contribution in [0.3, 0.4) is 0 Å². The number of benzene rings is 3. The Labute approximate surface area is 178 Å². The third-order valence-electron chi connectivity index (χ3n) is 5.25. The molecule has 0 aliphatic carbocycles. The minimum atomic E-state index is -0.0385. The Morgan fingerprint density at radius 2 is 1.47 bits per heavy atom. The molecule has 0 bridgehead atoms. The number of nitrogens with one attached hydrogen (secondary N) is 1. The second kappa shape index (κ2) is 8.64. The highest BCUT2D eigenvalue weighted by atomic mass is 16.5. The van der Waals surface area contributed by atoms with E-state index in [4.69, 9.17) is 9.72 Å². The van der Waals surface area contributed by atoms with Crippen molar-refractivity contribution >= 4 is 10.9 Å². The van der Waals surface area contributed by atoms with E-state index in [0.717, 1.165) is 33.7 Å². The fourth-order valence-corrected chi connectivity index (χ4v) is 3.59. The molecule has 1 atom stereocenters. The molecule has 0 aliphatic rings. The van der Waals surface area contributed by atoms with Gasteiger partial charge in [-0.15, -0.1) is 0 Å². The van der Waals surface area contributed by atoms with Crippen LogP contribution in [0.2, 0.25) is 0 Å². The van der Waals surface area contributed by atoms with Crippen LogP contribution in [0.5, 0.6) is 11.5 Å². The monoisotopic (exact) mass is 397 g/mol. The van der Waals surface area contributed by atoms with E-state index in [1.807, 2.05) is 42.5 Å². The van der Waals surface area contributed by atoms with Gasteiger partial charge in [0.15, 0.2) is 0 Å². The van der Waals surface area contributed by atoms with Crippen LogP contribution in [0.25, 0.3) is 10.9 Å². The van der Waals surface area contributed by atoms with E-state index in [9.17, 15) is 0 Å². The molecule has 4 rings (SSSR count). The summed E-state index contributed by atoms with van der Waals surface area (Å²) in [6, 6.07) is 22.6. The van der Waals surface area contributed by atoms with Gasteiger partial charge in [-0.1, -0.05) is 30.3 Å². The standard InChI is InChI=1S/C26H27N3O/c1-17(2)29-25(26-23-14-18(3)19(4)15-24(23)27-16-28-26)20-10-12-22(13-11-20)30-21-8-6-5-7-9-21/h5-17,25,29H,1-4H3/t25-/m1/s1. The molecule has 4 nitrogen and oxygen atoms in total. The summed E-state index contributed by atoms with van der Waals surface area (Å²) in [4.78, 5) is 9.19. The highest BCUT2D eigenvalue weighted by Gasteiger charge is 2.20. The van der Waals surface area contributed by atoms with Crippen LogP contribution >= 0.6 is 0 Å². The van der Waals surface area contributed by atoms with E-state index >= 15 is 0 Å². The summed E-state index contributed by atoms with van der Waals surface area (Å²) in [7, 11) is 0. The SMILES string of the molecule is Cc1cc2ncnc([C@H](NC(C)C)c3ccc(Oc4ccccc4)cc3)c2cc1C. The number of aromatic nitrogens is 2. The molecular formula is C26H27N3O. The Hall–Kier alpha value is -3.24. The van der Waals surface area contributed by atoms with Gasteiger partial charge in [-0.2, -0.15) is 0 Å². The van der Waals surface area contributed by atoms with Crippen molar-refractivity contribution in [3.8, 4) is 11.5 Å². The molecule has 0 aliphatic heterocycles. The number of fused-ring (bicyclic) bond motifs is 1. The molecule has 3 aromatic carbocycles. The van der Waals surface area contributed by atoms with Gasteiger partial charge in [0.25, 0.3) is 0 Å². The summed E-state index contributed by atoms with van der Waals surface area (Å²) in [6.07, 6.45) is 1.66. The van der Waals surface area contributed by atoms with Crippen molar-refractivity contribution in [3.63, 3.8) is 0 Å². The van der Waals surface area contributed by atoms with Gasteiger partial charge < -0.3 is 10.1 Å². The first-order valence-electron chi connectivity index (χ1n) is 10.3. The molecule has 0 spiro atoms. The lowest BCUT2D eigenvalue weighted by Gasteiger charge is -2.23. The number of ether oxygens (including phenoxy) is 1. The first-order chi connectivity index (χ1) is 14.5. The first-order valence-corrected chi connectivity index (χ1v) is 10.3. The molecule has 30 heavy (non-hydrogen) atoms. The van der Waals surface area contributed by atoms with Crippen molar-refractivity contribution in [3.05, 3.63) is 95.4 Å². The zero-order valence-electron chi connectivity index (χ0n) is 17.9. The van der Waals surface area contributed by atoms with Crippen LogP contribution < -0.4 is 10.1 Å². The second-order valence-electron chi connectivity index (χ2n) is 7.95. The van der Waals surface area contributed by atoms with Crippen molar-refractivity contribution in [2.75, 3.05) is 0 Å². The van der Waals surface area contributed by atoms with Crippen LogP contribution in [0, 0.1) is 13.8 Å². The quantitative estimate of drug-likeness (QED) is 0.425. The van der Waals surface area contributed by atoms with E-state index in [1.165, 1.54) is 11.1 Å². The minimum Gasteiger partial charge on any atom is -0.457 e. The fraction of sp³-hybridized carbons (Fsp3) is 0.231. The second-order valence-corrected chi connectivity index (χ2v) is 7.95. The van der Waals surface area contributed by atoms with E-state index in [2.05, 4.69) is 62.3 Å². The normalized spacial score (nSPS) is 12.3. The fourth-order valence-electron chi connectivity index (χ4n) is 3.59. The smallest absolute Gasteiger partial charge is 0.127 e. The maximum absolute atomic E-state index is 5.95. The molecule has 0 saturated carbocycles. The highest BCUT2D eigenvalue weighted by molar-refractivity contribution is 5.83. The predicted molar refractivity (Wildman–Crippen MR) is 122 cm³/mol. The van der Waals surface area contributed by atoms with Gasteiger partial charge in [-0.25, -0.2) is 9.97 Å². The number of hydrogen-bond acceptors (Lipinski definition) is 4. The molecule has 1 N–H and O–H groups in total. The van der Waals surface area contributed by atoms with Gasteiger partial charge in [-0.3, -0.25) is 0 Å². The van der Waals surface area contributed by atoms with Crippen LogP contribution in [0.4, 0.5) is 0 Å². The Morgan fingerprint density at radius 1 is 0.800 bits per heavy atom. The van der Waals surface area contributed by atoms with Gasteiger partial charge in [0.2, 0.25) is 0 Å². The molecule has 4 heteroatoms. The maximum Gasteiger partial charge on any atom is 0.127 e. The van der Waals surface area contributed by atoms with Crippen molar-refractivity contribution in [2.24, 2.45) is 0 Å². The van der Waals surface area contributed by atoms with Gasteiger partial charge >= 0.3 is 0 Å². The number of para-hydroxylation sites is 1. The van der Waals surface area contributed by atoms with Crippen LogP contribution in [0.15, 0.2) is 73.1 Å². The summed E-state index contributed by atoms with van der Waals surface area (Å²) < 4.78 is 5.95. The Kier molecular flexibility index (Phi) is 5.77. The van der Waals surface area contributed by atoms with Crippen molar-refractivity contribution in [2.45, 2.75) is 39.8 Å². The van der Waals surface area contributed by atoms with Gasteiger partial charge in [0.05, 0.1) is 17.3 Å². The van der Waals surface area contributed by atoms with Crippen LogP contribution in [0.1, 0.15) is 42.3 Å². The summed E-state index contributed by atoms with van der Waals surface area (Å²) in [5, 5.41) is 4.76. The van der Waals surface area contributed by atoms with Crippen molar-refractivity contribution in [1.82, 2.24) is 15.3 Å². The number of rotatable bonds is 6. The van der Waals surface area contributed by atoms with E-state index in [0.29, 0.717) is 6.04 Å². The lowest BCUT2D eigenvalue weighted by atomic mass is 9.97. The molecule has 0 saturated heterocycles. The molecule has 152 valence electrons. The topological polar surface area (TPSA) is 47.0 Å². The molecule has 0 fully saturated rings. The summed E-state index contributed by atoms with van der Waals surface area (Å²) in [5.74, 6) is 1.64. The van der Waals surface area contributed by atoms with E-state index in [1.54, 1.807) is 6.33 Å². The number of nitrogens with zero attached hydrogens (tertiary/aromatic N) is 2. The largest absolute Gasteiger partial charge is 0.457 e. The first kappa shape index (κ1) is 20.0. The zero-order chi connectivity index (χ0) is 21.1. The maximum atomic E-state index is 5.95. The Morgan fingerprint density at radius 3 is 2.17 bits per heavy atom.